The van der Waals surface area contributed by atoms with Gasteiger partial charge in [0.25, 0.3) is 0 Å². The predicted octanol–water partition coefficient (Wildman–Crippen LogP) is 2.00. The Balaban J connectivity index is 0.00000264. The van der Waals surface area contributed by atoms with Gasteiger partial charge in [0.15, 0.2) is 0 Å². The Morgan fingerprint density at radius 2 is 1.87 bits per heavy atom. The molecular formula is C17H25ClN2O3. The third kappa shape index (κ3) is 6.20. The van der Waals surface area contributed by atoms with Crippen LogP contribution in [0.25, 0.3) is 0 Å². The summed E-state index contributed by atoms with van der Waals surface area (Å²) in [5.74, 6) is -0.293. The Morgan fingerprint density at radius 1 is 1.22 bits per heavy atom. The molecule has 6 heteroatoms. The number of esters is 1. The second-order valence-electron chi connectivity index (χ2n) is 5.51. The maximum atomic E-state index is 12.7. The molecule has 1 heterocycles. The van der Waals surface area contributed by atoms with Crippen molar-refractivity contribution in [2.24, 2.45) is 5.92 Å². The van der Waals surface area contributed by atoms with Gasteiger partial charge in [-0.2, -0.15) is 0 Å². The van der Waals surface area contributed by atoms with Crippen LogP contribution in [-0.4, -0.2) is 43.0 Å². The fourth-order valence-corrected chi connectivity index (χ4v) is 2.71. The smallest absolute Gasteiger partial charge is 0.325 e. The lowest BCUT2D eigenvalue weighted by Gasteiger charge is -2.29. The number of carbonyl (C=O) groups is 2. The van der Waals surface area contributed by atoms with E-state index in [2.05, 4.69) is 5.32 Å². The van der Waals surface area contributed by atoms with Gasteiger partial charge in [0.05, 0.1) is 6.61 Å². The summed E-state index contributed by atoms with van der Waals surface area (Å²) in [6.45, 7) is 4.28. The Morgan fingerprint density at radius 3 is 2.48 bits per heavy atom. The van der Waals surface area contributed by atoms with Gasteiger partial charge in [0.2, 0.25) is 5.91 Å². The standard InChI is InChI=1S/C17H24N2O3.ClH/c1-2-22-16(20)13-19(12-14-6-4-3-5-7-14)17(21)15-8-10-18-11-9-15;/h3-7,15,18H,2,8-13H2,1H3;1H. The van der Waals surface area contributed by atoms with Crippen molar-refractivity contribution in [2.75, 3.05) is 26.2 Å². The normalized spacial score (nSPS) is 14.7. The molecule has 2 rings (SSSR count). The first kappa shape index (κ1) is 19.5. The summed E-state index contributed by atoms with van der Waals surface area (Å²) >= 11 is 0. The molecule has 0 bridgehead atoms. The highest BCUT2D eigenvalue weighted by atomic mass is 35.5. The van der Waals surface area contributed by atoms with Crippen molar-refractivity contribution in [1.82, 2.24) is 10.2 Å². The number of nitrogens with zero attached hydrogens (tertiary/aromatic N) is 1. The summed E-state index contributed by atoms with van der Waals surface area (Å²) in [7, 11) is 0. The van der Waals surface area contributed by atoms with E-state index in [0.29, 0.717) is 13.2 Å². The third-order valence-electron chi connectivity index (χ3n) is 3.84. The van der Waals surface area contributed by atoms with Gasteiger partial charge in [-0.25, -0.2) is 0 Å². The molecule has 0 saturated carbocycles. The van der Waals surface area contributed by atoms with E-state index in [9.17, 15) is 9.59 Å². The quantitative estimate of drug-likeness (QED) is 0.805. The summed E-state index contributed by atoms with van der Waals surface area (Å²) in [5, 5.41) is 3.26. The van der Waals surface area contributed by atoms with Crippen LogP contribution in [0.15, 0.2) is 30.3 Å². The van der Waals surface area contributed by atoms with Gasteiger partial charge >= 0.3 is 5.97 Å². The highest BCUT2D eigenvalue weighted by Crippen LogP contribution is 2.17. The molecule has 5 nitrogen and oxygen atoms in total. The van der Waals surface area contributed by atoms with Crippen LogP contribution >= 0.6 is 12.4 Å². The largest absolute Gasteiger partial charge is 0.465 e. The van der Waals surface area contributed by atoms with E-state index < -0.39 is 0 Å². The van der Waals surface area contributed by atoms with E-state index in [-0.39, 0.29) is 36.7 Å². The Bertz CT molecular complexity index is 490. The van der Waals surface area contributed by atoms with Crippen LogP contribution in [0, 0.1) is 5.92 Å². The van der Waals surface area contributed by atoms with Crippen molar-refractivity contribution in [3.63, 3.8) is 0 Å². The monoisotopic (exact) mass is 340 g/mol. The number of halogens is 1. The van der Waals surface area contributed by atoms with Gasteiger partial charge in [0.1, 0.15) is 6.54 Å². The summed E-state index contributed by atoms with van der Waals surface area (Å²) < 4.78 is 5.00. The van der Waals surface area contributed by atoms with Crippen LogP contribution in [0.5, 0.6) is 0 Å². The first-order valence-corrected chi connectivity index (χ1v) is 7.89. The SMILES string of the molecule is CCOC(=O)CN(Cc1ccccc1)C(=O)C1CCNCC1.Cl. The minimum Gasteiger partial charge on any atom is -0.465 e. The van der Waals surface area contributed by atoms with Crippen LogP contribution in [0.4, 0.5) is 0 Å². The van der Waals surface area contributed by atoms with E-state index in [1.165, 1.54) is 0 Å². The number of carbonyl (C=O) groups excluding carboxylic acids is 2. The number of benzene rings is 1. The lowest BCUT2D eigenvalue weighted by atomic mass is 9.96. The van der Waals surface area contributed by atoms with Crippen LogP contribution in [0.3, 0.4) is 0 Å². The topological polar surface area (TPSA) is 58.6 Å². The summed E-state index contributed by atoms with van der Waals surface area (Å²) in [5.41, 5.74) is 1.02. The number of hydrogen-bond acceptors (Lipinski definition) is 4. The molecule has 1 fully saturated rings. The van der Waals surface area contributed by atoms with Gasteiger partial charge in [-0.05, 0) is 38.4 Å². The number of piperidine rings is 1. The van der Waals surface area contributed by atoms with Crippen molar-refractivity contribution >= 4 is 24.3 Å². The average molecular weight is 341 g/mol. The Hall–Kier alpha value is -1.59. The van der Waals surface area contributed by atoms with Gasteiger partial charge in [-0.15, -0.1) is 12.4 Å². The lowest BCUT2D eigenvalue weighted by Crippen LogP contribution is -2.43. The van der Waals surface area contributed by atoms with Gasteiger partial charge in [0, 0.05) is 12.5 Å². The zero-order chi connectivity index (χ0) is 15.8. The molecule has 0 atom stereocenters. The van der Waals surface area contributed by atoms with E-state index in [4.69, 9.17) is 4.74 Å². The van der Waals surface area contributed by atoms with Gasteiger partial charge < -0.3 is 15.0 Å². The number of hydrogen-bond donors (Lipinski definition) is 1. The maximum absolute atomic E-state index is 12.7. The lowest BCUT2D eigenvalue weighted by molar-refractivity contribution is -0.151. The van der Waals surface area contributed by atoms with Crippen molar-refractivity contribution in [1.29, 1.82) is 0 Å². The molecule has 1 N–H and O–H groups in total. The molecule has 1 aliphatic heterocycles. The molecule has 1 aliphatic rings. The number of ether oxygens (including phenoxy) is 1. The minimum absolute atomic E-state index is 0. The van der Waals surface area contributed by atoms with Crippen LogP contribution < -0.4 is 5.32 Å². The highest BCUT2D eigenvalue weighted by molar-refractivity contribution is 5.85. The van der Waals surface area contributed by atoms with Crippen molar-refractivity contribution in [2.45, 2.75) is 26.3 Å². The number of nitrogens with one attached hydrogen (secondary N) is 1. The predicted molar refractivity (Wildman–Crippen MR) is 91.3 cm³/mol. The molecule has 0 unspecified atom stereocenters. The second kappa shape index (κ2) is 10.2. The van der Waals surface area contributed by atoms with E-state index >= 15 is 0 Å². The molecule has 1 aromatic rings. The molecule has 0 radical (unpaired) electrons. The molecule has 23 heavy (non-hydrogen) atoms. The fourth-order valence-electron chi connectivity index (χ4n) is 2.71. The molecule has 1 saturated heterocycles. The molecule has 1 aromatic carbocycles. The van der Waals surface area contributed by atoms with E-state index in [0.717, 1.165) is 31.5 Å². The Labute approximate surface area is 143 Å². The molecule has 0 aliphatic carbocycles. The second-order valence-corrected chi connectivity index (χ2v) is 5.51. The van der Waals surface area contributed by atoms with Crippen LogP contribution in [-0.2, 0) is 20.9 Å². The number of amides is 1. The highest BCUT2D eigenvalue weighted by Gasteiger charge is 2.27. The van der Waals surface area contributed by atoms with Crippen molar-refractivity contribution in [3.05, 3.63) is 35.9 Å². The number of rotatable bonds is 6. The molecule has 1 amide bonds. The maximum Gasteiger partial charge on any atom is 0.325 e. The average Bonchev–Trinajstić information content (AvgIpc) is 2.55. The minimum atomic E-state index is -0.347. The molecule has 0 aromatic heterocycles. The molecule has 0 spiro atoms. The van der Waals surface area contributed by atoms with Crippen molar-refractivity contribution < 1.29 is 14.3 Å². The molecular weight excluding hydrogens is 316 g/mol. The fraction of sp³-hybridized carbons (Fsp3) is 0.529. The van der Waals surface area contributed by atoms with E-state index in [1.807, 2.05) is 30.3 Å². The van der Waals surface area contributed by atoms with Crippen LogP contribution in [0.1, 0.15) is 25.3 Å². The third-order valence-corrected chi connectivity index (χ3v) is 3.84. The summed E-state index contributed by atoms with van der Waals surface area (Å²) in [6.07, 6.45) is 1.65. The first-order valence-electron chi connectivity index (χ1n) is 7.89. The van der Waals surface area contributed by atoms with Crippen LogP contribution in [0.2, 0.25) is 0 Å². The zero-order valence-corrected chi connectivity index (χ0v) is 14.3. The molecule has 128 valence electrons. The van der Waals surface area contributed by atoms with Gasteiger partial charge in [-0.1, -0.05) is 30.3 Å². The zero-order valence-electron chi connectivity index (χ0n) is 13.5. The van der Waals surface area contributed by atoms with Gasteiger partial charge in [-0.3, -0.25) is 9.59 Å². The first-order chi connectivity index (χ1) is 10.7. The Kier molecular flexibility index (Phi) is 8.66. The summed E-state index contributed by atoms with van der Waals surface area (Å²) in [6, 6.07) is 9.75. The van der Waals surface area contributed by atoms with Crippen molar-refractivity contribution in [3.8, 4) is 0 Å². The van der Waals surface area contributed by atoms with E-state index in [1.54, 1.807) is 11.8 Å². The summed E-state index contributed by atoms with van der Waals surface area (Å²) in [4.78, 5) is 26.2.